The Labute approximate surface area is 306 Å². The Morgan fingerprint density at radius 3 is 1.72 bits per heavy atom. The highest BCUT2D eigenvalue weighted by Crippen LogP contribution is 2.66. The lowest BCUT2D eigenvalue weighted by Gasteiger charge is -2.32. The summed E-state index contributed by atoms with van der Waals surface area (Å²) in [5, 5.41) is 8.70. The van der Waals surface area contributed by atoms with Crippen molar-refractivity contribution in [3.8, 4) is 44.9 Å². The van der Waals surface area contributed by atoms with Crippen LogP contribution in [0, 0.1) is 0 Å². The number of hydrogen-bond acceptors (Lipinski definition) is 2. The van der Waals surface area contributed by atoms with Gasteiger partial charge in [0.05, 0.1) is 16.6 Å². The molecule has 0 saturated heterocycles. The van der Waals surface area contributed by atoms with Crippen LogP contribution in [-0.4, -0.2) is 9.97 Å². The molecule has 244 valence electrons. The molecule has 0 amide bonds. The highest BCUT2D eigenvalue weighted by Gasteiger charge is 2.53. The SMILES string of the molecule is c1ccc(-c2nc(-c3ccc4c5c(ccc4c3)-c3c(c4ccccc4c4ccccc34)C53c4ccccc4-c4ccccc43)nc3ccccc23)cc1. The van der Waals surface area contributed by atoms with Crippen LogP contribution in [0.3, 0.4) is 0 Å². The molecule has 0 unspecified atom stereocenters. The molecule has 2 aliphatic carbocycles. The van der Waals surface area contributed by atoms with Gasteiger partial charge < -0.3 is 0 Å². The quantitative estimate of drug-likeness (QED) is 0.171. The zero-order valence-electron chi connectivity index (χ0n) is 28.7. The first kappa shape index (κ1) is 28.8. The Kier molecular flexibility index (Phi) is 5.73. The van der Waals surface area contributed by atoms with Gasteiger partial charge in [0.2, 0.25) is 0 Å². The van der Waals surface area contributed by atoms with Gasteiger partial charge in [-0.25, -0.2) is 9.97 Å². The van der Waals surface area contributed by atoms with Crippen LogP contribution in [0.5, 0.6) is 0 Å². The fourth-order valence-corrected chi connectivity index (χ4v) is 9.81. The molecule has 2 heteroatoms. The molecule has 2 aliphatic rings. The smallest absolute Gasteiger partial charge is 0.160 e. The van der Waals surface area contributed by atoms with Crippen LogP contribution < -0.4 is 0 Å². The van der Waals surface area contributed by atoms with Crippen molar-refractivity contribution in [2.75, 3.05) is 0 Å². The van der Waals surface area contributed by atoms with E-state index < -0.39 is 5.41 Å². The second-order valence-corrected chi connectivity index (χ2v) is 14.4. The number of aromatic nitrogens is 2. The first-order valence-electron chi connectivity index (χ1n) is 18.3. The largest absolute Gasteiger partial charge is 0.228 e. The molecule has 9 aromatic carbocycles. The third kappa shape index (κ3) is 3.72. The van der Waals surface area contributed by atoms with Crippen molar-refractivity contribution in [3.63, 3.8) is 0 Å². The lowest BCUT2D eigenvalue weighted by atomic mass is 9.68. The third-order valence-electron chi connectivity index (χ3n) is 11.8. The van der Waals surface area contributed by atoms with Crippen LogP contribution >= 0.6 is 0 Å². The Hall–Kier alpha value is -6.90. The molecule has 53 heavy (non-hydrogen) atoms. The Morgan fingerprint density at radius 1 is 0.358 bits per heavy atom. The fourth-order valence-electron chi connectivity index (χ4n) is 9.81. The lowest BCUT2D eigenvalue weighted by molar-refractivity contribution is 0.809. The van der Waals surface area contributed by atoms with Gasteiger partial charge in [-0.3, -0.25) is 0 Å². The molecule has 0 bridgehead atoms. The van der Waals surface area contributed by atoms with Gasteiger partial charge in [-0.1, -0.05) is 170 Å². The highest BCUT2D eigenvalue weighted by atomic mass is 14.9. The van der Waals surface area contributed by atoms with Gasteiger partial charge in [-0.15, -0.1) is 0 Å². The molecule has 0 saturated carbocycles. The van der Waals surface area contributed by atoms with Crippen LogP contribution in [0.15, 0.2) is 182 Å². The third-order valence-corrected chi connectivity index (χ3v) is 11.8. The number of para-hydroxylation sites is 1. The summed E-state index contributed by atoms with van der Waals surface area (Å²) >= 11 is 0. The summed E-state index contributed by atoms with van der Waals surface area (Å²) in [4.78, 5) is 10.4. The van der Waals surface area contributed by atoms with E-state index in [2.05, 4.69) is 176 Å². The van der Waals surface area contributed by atoms with Crippen LogP contribution in [0.1, 0.15) is 22.3 Å². The van der Waals surface area contributed by atoms with Gasteiger partial charge in [-0.05, 0) is 89.0 Å². The van der Waals surface area contributed by atoms with E-state index >= 15 is 0 Å². The van der Waals surface area contributed by atoms with E-state index in [0.717, 1.165) is 33.5 Å². The van der Waals surface area contributed by atoms with Crippen LogP contribution in [0.4, 0.5) is 0 Å². The average Bonchev–Trinajstić information content (AvgIpc) is 3.71. The summed E-state index contributed by atoms with van der Waals surface area (Å²) in [7, 11) is 0. The molecule has 0 aliphatic heterocycles. The van der Waals surface area contributed by atoms with Gasteiger partial charge >= 0.3 is 0 Å². The summed E-state index contributed by atoms with van der Waals surface area (Å²) in [5.74, 6) is 0.733. The second kappa shape index (κ2) is 10.6. The second-order valence-electron chi connectivity index (χ2n) is 14.4. The van der Waals surface area contributed by atoms with Crippen molar-refractivity contribution < 1.29 is 0 Å². The number of rotatable bonds is 2. The van der Waals surface area contributed by atoms with Crippen molar-refractivity contribution in [2.24, 2.45) is 0 Å². The van der Waals surface area contributed by atoms with Crippen LogP contribution in [-0.2, 0) is 5.41 Å². The van der Waals surface area contributed by atoms with E-state index in [1.165, 1.54) is 76.8 Å². The normalized spacial score (nSPS) is 13.4. The topological polar surface area (TPSA) is 25.8 Å². The minimum absolute atomic E-state index is 0.498. The maximum atomic E-state index is 5.24. The average molecular weight is 671 g/mol. The Bertz CT molecular complexity index is 3130. The maximum absolute atomic E-state index is 5.24. The molecular weight excluding hydrogens is 641 g/mol. The van der Waals surface area contributed by atoms with Crippen molar-refractivity contribution >= 4 is 43.2 Å². The van der Waals surface area contributed by atoms with Crippen molar-refractivity contribution in [1.29, 1.82) is 0 Å². The minimum Gasteiger partial charge on any atom is -0.228 e. The summed E-state index contributed by atoms with van der Waals surface area (Å²) < 4.78 is 0. The van der Waals surface area contributed by atoms with E-state index in [4.69, 9.17) is 9.97 Å². The summed E-state index contributed by atoms with van der Waals surface area (Å²) in [6, 6.07) is 66.6. The predicted molar refractivity (Wildman–Crippen MR) is 219 cm³/mol. The van der Waals surface area contributed by atoms with Crippen molar-refractivity contribution in [3.05, 3.63) is 204 Å². The predicted octanol–water partition coefficient (Wildman–Crippen LogP) is 12.8. The first-order chi connectivity index (χ1) is 26.3. The zero-order valence-corrected chi connectivity index (χ0v) is 28.7. The zero-order chi connectivity index (χ0) is 34.7. The Balaban J connectivity index is 1.20. The molecule has 1 aromatic heterocycles. The molecule has 0 fully saturated rings. The van der Waals surface area contributed by atoms with Crippen molar-refractivity contribution in [1.82, 2.24) is 9.97 Å². The monoisotopic (exact) mass is 670 g/mol. The van der Waals surface area contributed by atoms with Gasteiger partial charge in [-0.2, -0.15) is 0 Å². The van der Waals surface area contributed by atoms with Crippen LogP contribution in [0.25, 0.3) is 88.1 Å². The number of nitrogens with zero attached hydrogens (tertiary/aromatic N) is 2. The molecule has 0 N–H and O–H groups in total. The fraction of sp³-hybridized carbons (Fsp3) is 0.0196. The van der Waals surface area contributed by atoms with E-state index in [1.54, 1.807) is 0 Å². The van der Waals surface area contributed by atoms with E-state index in [-0.39, 0.29) is 0 Å². The first-order valence-corrected chi connectivity index (χ1v) is 18.3. The number of hydrogen-bond donors (Lipinski definition) is 0. The van der Waals surface area contributed by atoms with Crippen LogP contribution in [0.2, 0.25) is 0 Å². The number of fused-ring (bicyclic) bond motifs is 18. The standard InChI is InChI=1S/C51H30N2/c1-2-14-31(15-3-1)49-41-22-10-13-25-45(41)52-50(53-49)33-27-28-34-32(30-33)26-29-42-46-39-20-6-4-16-35(39)36-17-5-7-21-40(36)48(46)51(47(34)42)43-23-11-8-18-37(43)38-19-9-12-24-44(38)51/h1-30H. The van der Waals surface area contributed by atoms with Gasteiger partial charge in [0.15, 0.2) is 5.82 Å². The lowest BCUT2D eigenvalue weighted by Crippen LogP contribution is -2.26. The molecule has 2 nitrogen and oxygen atoms in total. The van der Waals surface area contributed by atoms with E-state index in [9.17, 15) is 0 Å². The summed E-state index contributed by atoms with van der Waals surface area (Å²) in [5.41, 5.74) is 14.2. The highest BCUT2D eigenvalue weighted by molar-refractivity contribution is 6.21. The van der Waals surface area contributed by atoms with E-state index in [1.807, 2.05) is 6.07 Å². The Morgan fingerprint density at radius 2 is 0.962 bits per heavy atom. The van der Waals surface area contributed by atoms with Gasteiger partial charge in [0.1, 0.15) is 0 Å². The number of benzene rings is 9. The molecule has 0 atom stereocenters. The van der Waals surface area contributed by atoms with Gasteiger partial charge in [0.25, 0.3) is 0 Å². The molecule has 1 heterocycles. The maximum Gasteiger partial charge on any atom is 0.160 e. The molecular formula is C51H30N2. The van der Waals surface area contributed by atoms with E-state index in [0.29, 0.717) is 0 Å². The summed E-state index contributed by atoms with van der Waals surface area (Å²) in [6.45, 7) is 0. The molecule has 0 radical (unpaired) electrons. The van der Waals surface area contributed by atoms with Crippen molar-refractivity contribution in [2.45, 2.75) is 5.41 Å². The molecule has 12 rings (SSSR count). The minimum atomic E-state index is -0.498. The molecule has 1 spiro atoms. The summed E-state index contributed by atoms with van der Waals surface area (Å²) in [6.07, 6.45) is 0. The van der Waals surface area contributed by atoms with Gasteiger partial charge in [0, 0.05) is 16.5 Å². The molecule has 10 aromatic rings.